The number of amides is 1. The van der Waals surface area contributed by atoms with E-state index in [1.165, 1.54) is 0 Å². The van der Waals surface area contributed by atoms with Crippen LogP contribution in [0.15, 0.2) is 36.8 Å². The average molecular weight is 258 g/mol. The fraction of sp³-hybridized carbons (Fsp3) is 0.308. The molecule has 3 rings (SSSR count). The highest BCUT2D eigenvalue weighted by molar-refractivity contribution is 6.02. The van der Waals surface area contributed by atoms with Gasteiger partial charge < -0.3 is 10.1 Å². The molecule has 98 valence electrons. The maximum atomic E-state index is 11.9. The van der Waals surface area contributed by atoms with Gasteiger partial charge in [-0.15, -0.1) is 0 Å². The molecule has 6 heteroatoms. The Morgan fingerprint density at radius 2 is 2.42 bits per heavy atom. The summed E-state index contributed by atoms with van der Waals surface area (Å²) in [6.07, 6.45) is 6.00. The van der Waals surface area contributed by atoms with Crippen molar-refractivity contribution >= 4 is 11.6 Å². The molecule has 1 aliphatic rings. The summed E-state index contributed by atoms with van der Waals surface area (Å²) in [4.78, 5) is 15.9. The predicted molar refractivity (Wildman–Crippen MR) is 68.9 cm³/mol. The lowest BCUT2D eigenvalue weighted by molar-refractivity contribution is 0.102. The van der Waals surface area contributed by atoms with Gasteiger partial charge in [-0.25, -0.2) is 0 Å². The zero-order valence-electron chi connectivity index (χ0n) is 10.3. The van der Waals surface area contributed by atoms with Crippen molar-refractivity contribution in [2.75, 3.05) is 18.5 Å². The summed E-state index contributed by atoms with van der Waals surface area (Å²) in [5, 5.41) is 7.02. The summed E-state index contributed by atoms with van der Waals surface area (Å²) < 4.78 is 7.15. The predicted octanol–water partition coefficient (Wildman–Crippen LogP) is 1.49. The number of hydrogen-bond donors (Lipinski definition) is 1. The Bertz CT molecular complexity index is 561. The van der Waals surface area contributed by atoms with Gasteiger partial charge in [-0.2, -0.15) is 5.10 Å². The van der Waals surface area contributed by atoms with Crippen molar-refractivity contribution in [1.29, 1.82) is 0 Å². The number of rotatable bonds is 3. The quantitative estimate of drug-likeness (QED) is 0.905. The largest absolute Gasteiger partial charge is 0.379 e. The molecule has 3 heterocycles. The van der Waals surface area contributed by atoms with Gasteiger partial charge in [0.05, 0.1) is 24.5 Å². The second-order valence-electron chi connectivity index (χ2n) is 4.40. The minimum atomic E-state index is -0.233. The summed E-state index contributed by atoms with van der Waals surface area (Å²) in [7, 11) is 0. The molecular weight excluding hydrogens is 244 g/mol. The number of nitrogens with one attached hydrogen (secondary N) is 1. The maximum absolute atomic E-state index is 11.9. The van der Waals surface area contributed by atoms with Crippen LogP contribution < -0.4 is 5.32 Å². The van der Waals surface area contributed by atoms with Gasteiger partial charge in [0.15, 0.2) is 0 Å². The lowest BCUT2D eigenvalue weighted by Gasteiger charge is -2.06. The van der Waals surface area contributed by atoms with Gasteiger partial charge in [-0.3, -0.25) is 14.5 Å². The van der Waals surface area contributed by atoms with Crippen LogP contribution in [0.3, 0.4) is 0 Å². The Hall–Kier alpha value is -2.21. The van der Waals surface area contributed by atoms with Crippen molar-refractivity contribution in [1.82, 2.24) is 14.8 Å². The summed E-state index contributed by atoms with van der Waals surface area (Å²) in [6, 6.07) is 5.49. The first-order valence-corrected chi connectivity index (χ1v) is 6.17. The summed E-state index contributed by atoms with van der Waals surface area (Å²) >= 11 is 0. The van der Waals surface area contributed by atoms with Gasteiger partial charge in [-0.1, -0.05) is 6.07 Å². The molecule has 0 aliphatic carbocycles. The second-order valence-corrected chi connectivity index (χ2v) is 4.40. The third-order valence-electron chi connectivity index (χ3n) is 3.04. The Morgan fingerprint density at radius 3 is 3.16 bits per heavy atom. The Morgan fingerprint density at radius 1 is 1.47 bits per heavy atom. The van der Waals surface area contributed by atoms with E-state index in [2.05, 4.69) is 15.4 Å². The second kappa shape index (κ2) is 5.19. The lowest BCUT2D eigenvalue weighted by atomic mass is 10.3. The molecular formula is C13H14N4O2. The molecule has 0 unspecified atom stereocenters. The number of anilines is 1. The van der Waals surface area contributed by atoms with Gasteiger partial charge in [-0.05, 0) is 18.6 Å². The minimum Gasteiger partial charge on any atom is -0.379 e. The van der Waals surface area contributed by atoms with Gasteiger partial charge in [0, 0.05) is 19.0 Å². The van der Waals surface area contributed by atoms with Gasteiger partial charge in [0.25, 0.3) is 5.91 Å². The van der Waals surface area contributed by atoms with E-state index in [0.717, 1.165) is 13.0 Å². The normalized spacial score (nSPS) is 18.4. The van der Waals surface area contributed by atoms with Crippen LogP contribution in [0.25, 0.3) is 0 Å². The van der Waals surface area contributed by atoms with Gasteiger partial charge in [0.2, 0.25) is 0 Å². The molecule has 1 atom stereocenters. The minimum absolute atomic E-state index is 0.233. The van der Waals surface area contributed by atoms with Gasteiger partial charge >= 0.3 is 0 Å². The van der Waals surface area contributed by atoms with Crippen molar-refractivity contribution in [3.63, 3.8) is 0 Å². The molecule has 1 N–H and O–H groups in total. The Kier molecular flexibility index (Phi) is 3.24. The van der Waals surface area contributed by atoms with Crippen molar-refractivity contribution < 1.29 is 9.53 Å². The topological polar surface area (TPSA) is 69.0 Å². The number of nitrogens with zero attached hydrogens (tertiary/aromatic N) is 3. The number of carbonyl (C=O) groups is 1. The van der Waals surface area contributed by atoms with Crippen LogP contribution in [-0.2, 0) is 4.74 Å². The fourth-order valence-corrected chi connectivity index (χ4v) is 2.03. The molecule has 19 heavy (non-hydrogen) atoms. The molecule has 0 spiro atoms. The fourth-order valence-electron chi connectivity index (χ4n) is 2.03. The third-order valence-corrected chi connectivity index (χ3v) is 3.04. The molecule has 0 bridgehead atoms. The lowest BCUT2D eigenvalue weighted by Crippen LogP contribution is -2.13. The van der Waals surface area contributed by atoms with E-state index in [1.54, 1.807) is 30.6 Å². The van der Waals surface area contributed by atoms with E-state index in [1.807, 2.05) is 10.9 Å². The Balaban J connectivity index is 1.68. The summed E-state index contributed by atoms with van der Waals surface area (Å²) in [6.45, 7) is 1.44. The molecule has 0 saturated carbocycles. The zero-order chi connectivity index (χ0) is 13.1. The first-order chi connectivity index (χ1) is 9.33. The number of ether oxygens (including phenoxy) is 1. The van der Waals surface area contributed by atoms with Gasteiger partial charge in [0.1, 0.15) is 5.69 Å². The van der Waals surface area contributed by atoms with Crippen LogP contribution in [-0.4, -0.2) is 33.9 Å². The van der Waals surface area contributed by atoms with Crippen LogP contribution in [0.2, 0.25) is 0 Å². The van der Waals surface area contributed by atoms with Crippen LogP contribution in [0.1, 0.15) is 23.0 Å². The smallest absolute Gasteiger partial charge is 0.274 e. The van der Waals surface area contributed by atoms with E-state index < -0.39 is 0 Å². The van der Waals surface area contributed by atoms with Crippen LogP contribution in [0, 0.1) is 0 Å². The van der Waals surface area contributed by atoms with E-state index in [0.29, 0.717) is 18.0 Å². The highest BCUT2D eigenvalue weighted by Gasteiger charge is 2.18. The molecule has 1 saturated heterocycles. The molecule has 1 fully saturated rings. The highest BCUT2D eigenvalue weighted by Crippen LogP contribution is 2.19. The number of carbonyl (C=O) groups excluding carboxylic acids is 1. The van der Waals surface area contributed by atoms with Crippen molar-refractivity contribution in [3.05, 3.63) is 42.5 Å². The van der Waals surface area contributed by atoms with Crippen LogP contribution >= 0.6 is 0 Å². The standard InChI is InChI=1S/C13H14N4O2/c18-13(12-3-1-2-5-14-12)16-10-7-15-17(8-10)11-4-6-19-9-11/h1-3,5,7-8,11H,4,6,9H2,(H,16,18)/t11-/m1/s1. The van der Waals surface area contributed by atoms with Crippen LogP contribution in [0.5, 0.6) is 0 Å². The van der Waals surface area contributed by atoms with Crippen molar-refractivity contribution in [3.8, 4) is 0 Å². The first-order valence-electron chi connectivity index (χ1n) is 6.17. The third kappa shape index (κ3) is 2.63. The molecule has 0 aromatic carbocycles. The summed E-state index contributed by atoms with van der Waals surface area (Å²) in [5.74, 6) is -0.233. The molecule has 0 radical (unpaired) electrons. The van der Waals surface area contributed by atoms with Crippen molar-refractivity contribution in [2.45, 2.75) is 12.5 Å². The van der Waals surface area contributed by atoms with E-state index in [9.17, 15) is 4.79 Å². The van der Waals surface area contributed by atoms with Crippen molar-refractivity contribution in [2.24, 2.45) is 0 Å². The number of aromatic nitrogens is 3. The molecule has 2 aromatic rings. The van der Waals surface area contributed by atoms with E-state index in [4.69, 9.17) is 4.74 Å². The SMILES string of the molecule is O=C(Nc1cnn([C@@H]2CCOC2)c1)c1ccccn1. The summed E-state index contributed by atoms with van der Waals surface area (Å²) in [5.41, 5.74) is 1.06. The van der Waals surface area contributed by atoms with E-state index >= 15 is 0 Å². The van der Waals surface area contributed by atoms with E-state index in [-0.39, 0.29) is 11.9 Å². The molecule has 2 aromatic heterocycles. The average Bonchev–Trinajstić information content (AvgIpc) is 3.10. The molecule has 1 amide bonds. The first kappa shape index (κ1) is 11.9. The van der Waals surface area contributed by atoms with Crippen LogP contribution in [0.4, 0.5) is 5.69 Å². The number of pyridine rings is 1. The monoisotopic (exact) mass is 258 g/mol. The molecule has 6 nitrogen and oxygen atoms in total. The maximum Gasteiger partial charge on any atom is 0.274 e. The molecule has 1 aliphatic heterocycles. The highest BCUT2D eigenvalue weighted by atomic mass is 16.5. The number of hydrogen-bond acceptors (Lipinski definition) is 4. The Labute approximate surface area is 110 Å². The zero-order valence-corrected chi connectivity index (χ0v) is 10.3.